The van der Waals surface area contributed by atoms with Gasteiger partial charge < -0.3 is 20.2 Å². The van der Waals surface area contributed by atoms with Crippen LogP contribution in [-0.4, -0.2) is 39.6 Å². The summed E-state index contributed by atoms with van der Waals surface area (Å²) < 4.78 is 15.8. The second kappa shape index (κ2) is 30.3. The zero-order valence-electron chi connectivity index (χ0n) is 27.4. The molecule has 0 unspecified atom stereocenters. The molecule has 0 aliphatic heterocycles. The number of phosphoric acid groups is 1. The second-order valence-corrected chi connectivity index (χ2v) is 13.4. The number of unbranched alkanes of at least 4 members (excludes halogenated alkanes) is 23. The molecule has 2 atom stereocenters. The largest absolute Gasteiger partial charge is 0.469 e. The molecule has 0 aromatic carbocycles. The minimum atomic E-state index is -4.70. The number of allylic oxidation sites excluding steroid dienone is 1. The molecule has 8 heteroatoms. The Morgan fingerprint density at radius 3 is 1.45 bits per heavy atom. The molecule has 0 aliphatic rings. The molecule has 0 saturated carbocycles. The van der Waals surface area contributed by atoms with Gasteiger partial charge >= 0.3 is 7.82 Å². The van der Waals surface area contributed by atoms with Crippen LogP contribution in [0.5, 0.6) is 0 Å². The third-order valence-electron chi connectivity index (χ3n) is 8.00. The summed E-state index contributed by atoms with van der Waals surface area (Å²) >= 11 is 0. The lowest BCUT2D eigenvalue weighted by molar-refractivity contribution is -0.123. The van der Waals surface area contributed by atoms with E-state index in [1.54, 1.807) is 6.08 Å². The van der Waals surface area contributed by atoms with Gasteiger partial charge in [-0.05, 0) is 19.3 Å². The summed E-state index contributed by atoms with van der Waals surface area (Å²) in [5.41, 5.74) is 0. The van der Waals surface area contributed by atoms with Gasteiger partial charge in [0.05, 0.1) is 18.8 Å². The fraction of sp³-hybridized carbons (Fsp3) is 0.912. The van der Waals surface area contributed by atoms with Gasteiger partial charge in [-0.3, -0.25) is 9.32 Å². The summed E-state index contributed by atoms with van der Waals surface area (Å²) in [4.78, 5) is 30.7. The van der Waals surface area contributed by atoms with Crippen LogP contribution in [-0.2, 0) is 13.9 Å². The van der Waals surface area contributed by atoms with Crippen LogP contribution in [0.15, 0.2) is 12.2 Å². The normalized spacial score (nSPS) is 13.5. The number of hydrogen-bond donors (Lipinski definition) is 4. The molecular weight excluding hydrogens is 549 g/mol. The second-order valence-electron chi connectivity index (χ2n) is 12.2. The van der Waals surface area contributed by atoms with Gasteiger partial charge in [0.2, 0.25) is 5.91 Å². The van der Waals surface area contributed by atoms with Gasteiger partial charge in [-0.25, -0.2) is 4.57 Å². The van der Waals surface area contributed by atoms with Crippen molar-refractivity contribution in [3.05, 3.63) is 12.2 Å². The molecule has 0 heterocycles. The molecule has 0 aromatic rings. The Bertz CT molecular complexity index is 668. The Kier molecular flexibility index (Phi) is 29.8. The number of rotatable bonds is 32. The molecular formula is C34H68NO6P. The van der Waals surface area contributed by atoms with Gasteiger partial charge in [0.15, 0.2) is 0 Å². The zero-order valence-corrected chi connectivity index (χ0v) is 28.3. The quantitative estimate of drug-likeness (QED) is 0.0339. The van der Waals surface area contributed by atoms with E-state index in [4.69, 9.17) is 9.79 Å². The van der Waals surface area contributed by atoms with Crippen molar-refractivity contribution in [1.29, 1.82) is 0 Å². The number of carbonyl (C=O) groups excluding carboxylic acids is 1. The molecule has 7 nitrogen and oxygen atoms in total. The van der Waals surface area contributed by atoms with Gasteiger partial charge in [0.25, 0.3) is 0 Å². The topological polar surface area (TPSA) is 116 Å². The molecule has 4 N–H and O–H groups in total. The maximum absolute atomic E-state index is 12.5. The summed E-state index contributed by atoms with van der Waals surface area (Å²) in [5.74, 6) is -0.227. The lowest BCUT2D eigenvalue weighted by Crippen LogP contribution is -2.45. The highest BCUT2D eigenvalue weighted by Gasteiger charge is 2.24. The van der Waals surface area contributed by atoms with Crippen LogP contribution in [0.1, 0.15) is 181 Å². The maximum Gasteiger partial charge on any atom is 0.469 e. The molecule has 0 saturated heterocycles. The van der Waals surface area contributed by atoms with Crippen molar-refractivity contribution in [2.75, 3.05) is 6.61 Å². The van der Waals surface area contributed by atoms with Crippen molar-refractivity contribution in [2.24, 2.45) is 0 Å². The Hall–Kier alpha value is -0.720. The molecule has 1 amide bonds. The molecule has 0 aliphatic carbocycles. The third-order valence-corrected chi connectivity index (χ3v) is 8.48. The first-order valence-corrected chi connectivity index (χ1v) is 19.2. The highest BCUT2D eigenvalue weighted by atomic mass is 31.2. The van der Waals surface area contributed by atoms with Gasteiger partial charge in [-0.1, -0.05) is 167 Å². The molecule has 0 fully saturated rings. The Morgan fingerprint density at radius 1 is 0.667 bits per heavy atom. The van der Waals surface area contributed by atoms with E-state index in [9.17, 15) is 14.5 Å². The zero-order chi connectivity index (χ0) is 31.2. The summed E-state index contributed by atoms with van der Waals surface area (Å²) in [5, 5.41) is 13.3. The van der Waals surface area contributed by atoms with Crippen LogP contribution in [0.2, 0.25) is 0 Å². The van der Waals surface area contributed by atoms with E-state index in [2.05, 4.69) is 23.7 Å². The third kappa shape index (κ3) is 30.7. The van der Waals surface area contributed by atoms with Crippen LogP contribution in [0.25, 0.3) is 0 Å². The SMILES string of the molecule is CCCCCCCCCCCCC/C=C/[C@@H](O)[C@@H](COP(=O)(O)O)NC(=O)CCCCCCCCCCCCCCC. The number of aliphatic hydroxyl groups excluding tert-OH is 1. The van der Waals surface area contributed by atoms with Crippen molar-refractivity contribution in [1.82, 2.24) is 5.32 Å². The minimum Gasteiger partial charge on any atom is -0.387 e. The van der Waals surface area contributed by atoms with Gasteiger partial charge in [-0.2, -0.15) is 0 Å². The van der Waals surface area contributed by atoms with Crippen LogP contribution in [0.4, 0.5) is 0 Å². The fourth-order valence-corrected chi connectivity index (χ4v) is 5.64. The van der Waals surface area contributed by atoms with E-state index in [-0.39, 0.29) is 5.91 Å². The minimum absolute atomic E-state index is 0.227. The number of hydrogen-bond acceptors (Lipinski definition) is 4. The standard InChI is InChI=1S/C34H68NO6P/c1-3-5-7-9-11-13-15-17-19-21-23-25-27-29-33(36)32(31-41-42(38,39)40)35-34(37)30-28-26-24-22-20-18-16-14-12-10-8-6-4-2/h27,29,32-33,36H,3-26,28,30-31H2,1-2H3,(H,35,37)(H2,38,39,40)/b29-27+/t32-,33-/m1/s1. The van der Waals surface area contributed by atoms with Crippen molar-refractivity contribution < 1.29 is 28.8 Å². The fourth-order valence-electron chi connectivity index (χ4n) is 5.28. The Morgan fingerprint density at radius 2 is 1.05 bits per heavy atom. The van der Waals surface area contributed by atoms with E-state index < -0.39 is 26.6 Å². The van der Waals surface area contributed by atoms with Crippen molar-refractivity contribution >= 4 is 13.7 Å². The summed E-state index contributed by atoms with van der Waals surface area (Å²) in [7, 11) is -4.70. The van der Waals surface area contributed by atoms with Crippen molar-refractivity contribution in [2.45, 2.75) is 193 Å². The Labute approximate surface area is 259 Å². The number of nitrogens with one attached hydrogen (secondary N) is 1. The first kappa shape index (κ1) is 41.3. The number of phosphoric ester groups is 1. The summed E-state index contributed by atoms with van der Waals surface area (Å²) in [6.07, 6.45) is 33.6. The molecule has 250 valence electrons. The monoisotopic (exact) mass is 617 g/mol. The van der Waals surface area contributed by atoms with Crippen molar-refractivity contribution in [3.63, 3.8) is 0 Å². The van der Waals surface area contributed by atoms with E-state index in [0.717, 1.165) is 38.5 Å². The Balaban J connectivity index is 4.07. The molecule has 0 radical (unpaired) electrons. The highest BCUT2D eigenvalue weighted by molar-refractivity contribution is 7.46. The highest BCUT2D eigenvalue weighted by Crippen LogP contribution is 2.35. The van der Waals surface area contributed by atoms with Crippen LogP contribution in [0.3, 0.4) is 0 Å². The summed E-state index contributed by atoms with van der Waals surface area (Å²) in [6.45, 7) is 4.05. The average Bonchev–Trinajstić information content (AvgIpc) is 2.95. The van der Waals surface area contributed by atoms with E-state index in [0.29, 0.717) is 6.42 Å². The summed E-state index contributed by atoms with van der Waals surface area (Å²) in [6, 6.07) is -0.902. The first-order chi connectivity index (χ1) is 20.3. The lowest BCUT2D eigenvalue weighted by atomic mass is 10.0. The molecule has 0 bridgehead atoms. The predicted molar refractivity (Wildman–Crippen MR) is 176 cm³/mol. The molecule has 0 aromatic heterocycles. The number of carbonyl (C=O) groups is 1. The van der Waals surface area contributed by atoms with Crippen molar-refractivity contribution in [3.8, 4) is 0 Å². The average molecular weight is 618 g/mol. The van der Waals surface area contributed by atoms with Gasteiger partial charge in [-0.15, -0.1) is 0 Å². The number of amides is 1. The van der Waals surface area contributed by atoms with Crippen LogP contribution >= 0.6 is 7.82 Å². The molecule has 0 rings (SSSR count). The smallest absolute Gasteiger partial charge is 0.387 e. The van der Waals surface area contributed by atoms with E-state index in [1.807, 2.05) is 6.08 Å². The molecule has 0 spiro atoms. The van der Waals surface area contributed by atoms with E-state index >= 15 is 0 Å². The van der Waals surface area contributed by atoms with Gasteiger partial charge in [0.1, 0.15) is 0 Å². The number of aliphatic hydroxyl groups is 1. The van der Waals surface area contributed by atoms with E-state index in [1.165, 1.54) is 122 Å². The van der Waals surface area contributed by atoms with Crippen LogP contribution < -0.4 is 5.32 Å². The first-order valence-electron chi connectivity index (χ1n) is 17.6. The maximum atomic E-state index is 12.5. The predicted octanol–water partition coefficient (Wildman–Crippen LogP) is 9.68. The molecule has 42 heavy (non-hydrogen) atoms. The lowest BCUT2D eigenvalue weighted by Gasteiger charge is -2.22. The van der Waals surface area contributed by atoms with Gasteiger partial charge in [0, 0.05) is 6.42 Å². The van der Waals surface area contributed by atoms with Crippen LogP contribution in [0, 0.1) is 0 Å².